The number of nitrogens with zero attached hydrogens (tertiary/aromatic N) is 3. The van der Waals surface area contributed by atoms with Crippen molar-refractivity contribution in [3.8, 4) is 0 Å². The van der Waals surface area contributed by atoms with Gasteiger partial charge in [0.15, 0.2) is 0 Å². The number of hydrogen-bond acceptors (Lipinski definition) is 3. The molecule has 0 radical (unpaired) electrons. The van der Waals surface area contributed by atoms with Crippen LogP contribution in [0.2, 0.25) is 0 Å². The second kappa shape index (κ2) is 9.44. The molecule has 0 saturated carbocycles. The normalized spacial score (nSPS) is 11.0. The highest BCUT2D eigenvalue weighted by molar-refractivity contribution is 14.1. The quantitative estimate of drug-likeness (QED) is 0.248. The van der Waals surface area contributed by atoms with E-state index < -0.39 is 0 Å². The van der Waals surface area contributed by atoms with Crippen molar-refractivity contribution in [1.82, 2.24) is 0 Å². The average Bonchev–Trinajstić information content (AvgIpc) is 2.54. The Morgan fingerprint density at radius 1 is 0.909 bits per heavy atom. The van der Waals surface area contributed by atoms with Crippen LogP contribution in [0, 0.1) is 6.92 Å². The van der Waals surface area contributed by atoms with Gasteiger partial charge < -0.3 is 4.90 Å². The molecule has 2 rings (SSSR count). The number of azo groups is 1. The number of alkyl halides is 2. The third-order valence-electron chi connectivity index (χ3n) is 3.21. The highest BCUT2D eigenvalue weighted by Crippen LogP contribution is 2.31. The molecule has 0 aliphatic carbocycles. The van der Waals surface area contributed by atoms with Gasteiger partial charge in [-0.3, -0.25) is 0 Å². The molecule has 3 nitrogen and oxygen atoms in total. The summed E-state index contributed by atoms with van der Waals surface area (Å²) in [6.07, 6.45) is 0. The van der Waals surface area contributed by atoms with E-state index in [-0.39, 0.29) is 0 Å². The molecule has 0 aliphatic heterocycles. The van der Waals surface area contributed by atoms with Gasteiger partial charge in [0.2, 0.25) is 0 Å². The van der Waals surface area contributed by atoms with E-state index in [0.717, 1.165) is 33.3 Å². The molecule has 0 atom stereocenters. The Hall–Kier alpha value is -0.700. The fourth-order valence-corrected chi connectivity index (χ4v) is 3.30. The molecule has 2 aromatic carbocycles. The minimum absolute atomic E-state index is 0.878. The molecule has 0 aliphatic rings. The second-order valence-electron chi connectivity index (χ2n) is 4.89. The van der Waals surface area contributed by atoms with Gasteiger partial charge >= 0.3 is 0 Å². The van der Waals surface area contributed by atoms with Crippen molar-refractivity contribution >= 4 is 62.2 Å². The second-order valence-corrected chi connectivity index (χ2v) is 7.05. The van der Waals surface area contributed by atoms with Crippen LogP contribution in [0.15, 0.2) is 58.8 Å². The van der Waals surface area contributed by atoms with E-state index in [1.54, 1.807) is 0 Å². The van der Waals surface area contributed by atoms with Gasteiger partial charge in [-0.2, -0.15) is 5.11 Å². The summed E-state index contributed by atoms with van der Waals surface area (Å²) in [6.45, 7) is 4.18. The first-order valence-corrected chi connectivity index (χ1v) is 10.2. The Balaban J connectivity index is 2.32. The van der Waals surface area contributed by atoms with Crippen molar-refractivity contribution in [1.29, 1.82) is 0 Å². The van der Waals surface area contributed by atoms with Crippen molar-refractivity contribution in [3.63, 3.8) is 0 Å². The van der Waals surface area contributed by atoms with Gasteiger partial charge in [-0.05, 0) is 36.8 Å². The fourth-order valence-electron chi connectivity index (χ4n) is 2.13. The third-order valence-corrected chi connectivity index (χ3v) is 4.17. The van der Waals surface area contributed by atoms with E-state index in [2.05, 4.69) is 85.4 Å². The van der Waals surface area contributed by atoms with Crippen LogP contribution in [0.3, 0.4) is 0 Å². The Morgan fingerprint density at radius 3 is 2.23 bits per heavy atom. The Morgan fingerprint density at radius 2 is 1.59 bits per heavy atom. The molecule has 0 aromatic heterocycles. The van der Waals surface area contributed by atoms with Gasteiger partial charge in [-0.15, -0.1) is 5.11 Å². The zero-order valence-corrected chi connectivity index (χ0v) is 16.9. The molecule has 0 heterocycles. The van der Waals surface area contributed by atoms with Crippen LogP contribution in [0.4, 0.5) is 17.1 Å². The predicted molar refractivity (Wildman–Crippen MR) is 112 cm³/mol. The third kappa shape index (κ3) is 5.19. The van der Waals surface area contributed by atoms with Crippen LogP contribution >= 0.6 is 45.2 Å². The lowest BCUT2D eigenvalue weighted by atomic mass is 10.1. The number of rotatable bonds is 7. The Bertz CT molecular complexity index is 609. The van der Waals surface area contributed by atoms with E-state index in [1.807, 2.05) is 30.3 Å². The highest BCUT2D eigenvalue weighted by atomic mass is 127. The first kappa shape index (κ1) is 17.7. The maximum atomic E-state index is 4.48. The van der Waals surface area contributed by atoms with E-state index in [1.165, 1.54) is 11.3 Å². The zero-order chi connectivity index (χ0) is 15.8. The van der Waals surface area contributed by atoms with Crippen molar-refractivity contribution in [2.45, 2.75) is 6.92 Å². The molecule has 0 fully saturated rings. The molecule has 22 heavy (non-hydrogen) atoms. The molecule has 116 valence electrons. The van der Waals surface area contributed by atoms with Crippen molar-refractivity contribution in [3.05, 3.63) is 54.1 Å². The summed E-state index contributed by atoms with van der Waals surface area (Å²) < 4.78 is 2.19. The van der Waals surface area contributed by atoms with Crippen molar-refractivity contribution < 1.29 is 0 Å². The summed E-state index contributed by atoms with van der Waals surface area (Å²) in [5.74, 6) is 0. The lowest BCUT2D eigenvalue weighted by molar-refractivity contribution is 0.889. The van der Waals surface area contributed by atoms with Crippen molar-refractivity contribution in [2.24, 2.45) is 10.2 Å². The summed E-state index contributed by atoms with van der Waals surface area (Å²) in [7, 11) is 0. The Kier molecular flexibility index (Phi) is 7.57. The standard InChI is InChI=1S/C17H19I2N3/c1-14-7-8-16(21-20-15-5-3-2-4-6-15)17(13-14)22(11-9-18)12-10-19/h2-8,13H,9-12H2,1H3. The lowest BCUT2D eigenvalue weighted by Gasteiger charge is -2.24. The molecule has 0 spiro atoms. The average molecular weight is 519 g/mol. The van der Waals surface area contributed by atoms with Gasteiger partial charge in [0.05, 0.1) is 11.4 Å². The summed E-state index contributed by atoms with van der Waals surface area (Å²) in [4.78, 5) is 2.39. The molecule has 0 bridgehead atoms. The van der Waals surface area contributed by atoms with Gasteiger partial charge in [0.1, 0.15) is 5.69 Å². The fraction of sp³-hybridized carbons (Fsp3) is 0.294. The van der Waals surface area contributed by atoms with Gasteiger partial charge in [-0.25, -0.2) is 0 Å². The van der Waals surface area contributed by atoms with Crippen LogP contribution in [-0.4, -0.2) is 21.9 Å². The van der Waals surface area contributed by atoms with Gasteiger partial charge in [-0.1, -0.05) is 69.4 Å². The lowest BCUT2D eigenvalue weighted by Crippen LogP contribution is -2.27. The highest BCUT2D eigenvalue weighted by Gasteiger charge is 2.10. The summed E-state index contributed by atoms with van der Waals surface area (Å²) in [5, 5.41) is 8.85. The minimum Gasteiger partial charge on any atom is -0.368 e. The molecule has 2 aromatic rings. The van der Waals surface area contributed by atoms with Gasteiger partial charge in [0.25, 0.3) is 0 Å². The van der Waals surface area contributed by atoms with Crippen molar-refractivity contribution in [2.75, 3.05) is 26.8 Å². The van der Waals surface area contributed by atoms with Crippen LogP contribution in [0.5, 0.6) is 0 Å². The molecular formula is C17H19I2N3. The minimum atomic E-state index is 0.878. The van der Waals surface area contributed by atoms with E-state index in [4.69, 9.17) is 0 Å². The van der Waals surface area contributed by atoms with E-state index in [9.17, 15) is 0 Å². The Labute approximate surface area is 159 Å². The first-order chi connectivity index (χ1) is 10.7. The SMILES string of the molecule is Cc1ccc(N=Nc2ccccc2)c(N(CCI)CCI)c1. The number of anilines is 1. The largest absolute Gasteiger partial charge is 0.368 e. The number of aryl methyl sites for hydroxylation is 1. The molecule has 0 N–H and O–H groups in total. The van der Waals surface area contributed by atoms with Crippen LogP contribution < -0.4 is 4.90 Å². The number of benzene rings is 2. The summed E-state index contributed by atoms with van der Waals surface area (Å²) in [6, 6.07) is 16.2. The first-order valence-electron chi connectivity index (χ1n) is 7.19. The van der Waals surface area contributed by atoms with E-state index in [0.29, 0.717) is 0 Å². The molecule has 0 saturated heterocycles. The summed E-state index contributed by atoms with van der Waals surface area (Å²) >= 11 is 4.84. The molecule has 0 unspecified atom stereocenters. The monoisotopic (exact) mass is 519 g/mol. The molecular weight excluding hydrogens is 500 g/mol. The maximum absolute atomic E-state index is 4.48. The predicted octanol–water partition coefficient (Wildman–Crippen LogP) is 6.09. The van der Waals surface area contributed by atoms with Gasteiger partial charge in [0, 0.05) is 21.9 Å². The van der Waals surface area contributed by atoms with Crippen LogP contribution in [0.25, 0.3) is 0 Å². The molecule has 5 heteroatoms. The number of hydrogen-bond donors (Lipinski definition) is 0. The number of halogens is 2. The van der Waals surface area contributed by atoms with E-state index >= 15 is 0 Å². The smallest absolute Gasteiger partial charge is 0.109 e. The topological polar surface area (TPSA) is 28.0 Å². The van der Waals surface area contributed by atoms with Crippen LogP contribution in [0.1, 0.15) is 5.56 Å². The molecule has 0 amide bonds. The maximum Gasteiger partial charge on any atom is 0.109 e. The van der Waals surface area contributed by atoms with Crippen LogP contribution in [-0.2, 0) is 0 Å². The zero-order valence-electron chi connectivity index (χ0n) is 12.5. The summed E-state index contributed by atoms with van der Waals surface area (Å²) in [5.41, 5.74) is 4.24.